The number of hydrogen-bond donors (Lipinski definition) is 0. The topological polar surface area (TPSA) is 65.6 Å². The van der Waals surface area contributed by atoms with Crippen LogP contribution in [0.3, 0.4) is 0 Å². The van der Waals surface area contributed by atoms with Gasteiger partial charge in [0.05, 0.1) is 12.2 Å². The predicted molar refractivity (Wildman–Crippen MR) is 99.2 cm³/mol. The molecule has 4 rings (SSSR count). The van der Waals surface area contributed by atoms with Crippen LogP contribution >= 0.6 is 27.5 Å². The van der Waals surface area contributed by atoms with Gasteiger partial charge in [-0.2, -0.15) is 4.68 Å². The summed E-state index contributed by atoms with van der Waals surface area (Å²) < 4.78 is 3.98. The van der Waals surface area contributed by atoms with Crippen LogP contribution in [0.4, 0.5) is 0 Å². The fourth-order valence-corrected chi connectivity index (χ4v) is 2.98. The van der Waals surface area contributed by atoms with Crippen LogP contribution in [-0.4, -0.2) is 24.5 Å². The van der Waals surface area contributed by atoms with E-state index in [1.807, 2.05) is 42.5 Å². The molecule has 0 fully saturated rings. The van der Waals surface area contributed by atoms with E-state index in [9.17, 15) is 4.79 Å². The highest BCUT2D eigenvalue weighted by Crippen LogP contribution is 2.17. The molecule has 0 saturated carbocycles. The van der Waals surface area contributed by atoms with Gasteiger partial charge in [-0.05, 0) is 35.9 Å². The van der Waals surface area contributed by atoms with Crippen molar-refractivity contribution in [1.82, 2.24) is 24.5 Å². The van der Waals surface area contributed by atoms with Gasteiger partial charge in [0, 0.05) is 9.50 Å². The van der Waals surface area contributed by atoms with E-state index < -0.39 is 0 Å². The van der Waals surface area contributed by atoms with Gasteiger partial charge in [-0.1, -0.05) is 50.9 Å². The lowest BCUT2D eigenvalue weighted by molar-refractivity contribution is 0.745. The number of hydrogen-bond acceptors (Lipinski definition) is 4. The molecule has 2 aromatic heterocycles. The van der Waals surface area contributed by atoms with Gasteiger partial charge in [0.1, 0.15) is 6.33 Å². The monoisotopic (exact) mass is 415 g/mol. The Hall–Kier alpha value is -2.51. The van der Waals surface area contributed by atoms with Gasteiger partial charge in [0.2, 0.25) is 0 Å². The molecule has 0 amide bonds. The Kier molecular flexibility index (Phi) is 4.10. The van der Waals surface area contributed by atoms with Crippen LogP contribution < -0.4 is 5.56 Å². The van der Waals surface area contributed by atoms with Crippen molar-refractivity contribution >= 4 is 38.7 Å². The quantitative estimate of drug-likeness (QED) is 0.513. The minimum Gasteiger partial charge on any atom is -0.293 e. The Morgan fingerprint density at radius 3 is 2.60 bits per heavy atom. The lowest BCUT2D eigenvalue weighted by Gasteiger charge is -2.07. The molecule has 2 heterocycles. The summed E-state index contributed by atoms with van der Waals surface area (Å²) >= 11 is 9.56. The van der Waals surface area contributed by atoms with E-state index >= 15 is 0 Å². The summed E-state index contributed by atoms with van der Waals surface area (Å²) in [6, 6.07) is 14.9. The maximum atomic E-state index is 12.7. The van der Waals surface area contributed by atoms with Crippen molar-refractivity contribution in [2.75, 3.05) is 0 Å². The predicted octanol–water partition coefficient (Wildman–Crippen LogP) is 3.44. The third-order valence-corrected chi connectivity index (χ3v) is 4.70. The van der Waals surface area contributed by atoms with E-state index in [-0.39, 0.29) is 11.1 Å². The van der Waals surface area contributed by atoms with Crippen molar-refractivity contribution in [2.45, 2.75) is 6.54 Å². The SMILES string of the molecule is O=c1c2nnn(-c3ccc(Br)cc3)c2ncn1Cc1ccccc1Cl. The summed E-state index contributed by atoms with van der Waals surface area (Å²) in [6.07, 6.45) is 1.49. The van der Waals surface area contributed by atoms with E-state index in [1.54, 1.807) is 10.7 Å². The highest BCUT2D eigenvalue weighted by atomic mass is 79.9. The van der Waals surface area contributed by atoms with E-state index in [2.05, 4.69) is 31.2 Å². The summed E-state index contributed by atoms with van der Waals surface area (Å²) in [7, 11) is 0. The number of benzene rings is 2. The van der Waals surface area contributed by atoms with Crippen molar-refractivity contribution < 1.29 is 0 Å². The lowest BCUT2D eigenvalue weighted by atomic mass is 10.2. The van der Waals surface area contributed by atoms with Crippen molar-refractivity contribution in [1.29, 1.82) is 0 Å². The number of nitrogens with zero attached hydrogens (tertiary/aromatic N) is 5. The van der Waals surface area contributed by atoms with Crippen molar-refractivity contribution in [2.24, 2.45) is 0 Å². The van der Waals surface area contributed by atoms with Gasteiger partial charge in [-0.15, -0.1) is 5.10 Å². The van der Waals surface area contributed by atoms with Crippen LogP contribution in [0.15, 0.2) is 64.1 Å². The second-order valence-electron chi connectivity index (χ2n) is 5.42. The number of fused-ring (bicyclic) bond motifs is 1. The third kappa shape index (κ3) is 2.96. The van der Waals surface area contributed by atoms with Crippen LogP contribution in [0.5, 0.6) is 0 Å². The smallest absolute Gasteiger partial charge is 0.283 e. The maximum absolute atomic E-state index is 12.7. The Bertz CT molecular complexity index is 1120. The largest absolute Gasteiger partial charge is 0.293 e. The van der Waals surface area contributed by atoms with Crippen LogP contribution in [0, 0.1) is 0 Å². The third-order valence-electron chi connectivity index (χ3n) is 3.80. The van der Waals surface area contributed by atoms with Gasteiger partial charge in [0.15, 0.2) is 11.2 Å². The fourth-order valence-electron chi connectivity index (χ4n) is 2.52. The van der Waals surface area contributed by atoms with Crippen molar-refractivity contribution in [3.63, 3.8) is 0 Å². The molecule has 0 radical (unpaired) electrons. The van der Waals surface area contributed by atoms with E-state index in [1.165, 1.54) is 10.9 Å². The molecule has 0 unspecified atom stereocenters. The van der Waals surface area contributed by atoms with Crippen molar-refractivity contribution in [3.8, 4) is 5.69 Å². The van der Waals surface area contributed by atoms with Crippen LogP contribution in [-0.2, 0) is 6.54 Å². The maximum Gasteiger partial charge on any atom is 0.283 e. The molecule has 6 nitrogen and oxygen atoms in total. The summed E-state index contributed by atoms with van der Waals surface area (Å²) in [5, 5.41) is 8.69. The summed E-state index contributed by atoms with van der Waals surface area (Å²) in [6.45, 7) is 0.326. The molecule has 0 bridgehead atoms. The average Bonchev–Trinajstić information content (AvgIpc) is 3.05. The van der Waals surface area contributed by atoms with Gasteiger partial charge >= 0.3 is 0 Å². The molecule has 0 aliphatic heterocycles. The zero-order chi connectivity index (χ0) is 17.4. The van der Waals surface area contributed by atoms with Crippen LogP contribution in [0.2, 0.25) is 5.02 Å². The second-order valence-corrected chi connectivity index (χ2v) is 6.74. The zero-order valence-electron chi connectivity index (χ0n) is 12.8. The minimum absolute atomic E-state index is 0.220. The second kappa shape index (κ2) is 6.42. The van der Waals surface area contributed by atoms with Crippen LogP contribution in [0.1, 0.15) is 5.56 Å². The fraction of sp³-hybridized carbons (Fsp3) is 0.0588. The van der Waals surface area contributed by atoms with E-state index in [0.717, 1.165) is 15.7 Å². The first-order valence-electron chi connectivity index (χ1n) is 7.44. The normalized spacial score (nSPS) is 11.1. The van der Waals surface area contributed by atoms with Crippen molar-refractivity contribution in [3.05, 3.63) is 80.3 Å². The molecule has 4 aromatic rings. The van der Waals surface area contributed by atoms with Gasteiger partial charge in [0.25, 0.3) is 5.56 Å². The molecule has 0 spiro atoms. The number of aromatic nitrogens is 5. The Morgan fingerprint density at radius 1 is 1.08 bits per heavy atom. The molecule has 0 atom stereocenters. The van der Waals surface area contributed by atoms with E-state index in [0.29, 0.717) is 17.2 Å². The highest BCUT2D eigenvalue weighted by molar-refractivity contribution is 9.10. The molecular weight excluding hydrogens is 406 g/mol. The molecule has 0 saturated heterocycles. The highest BCUT2D eigenvalue weighted by Gasteiger charge is 2.14. The molecule has 124 valence electrons. The Balaban J connectivity index is 1.78. The average molecular weight is 417 g/mol. The van der Waals surface area contributed by atoms with Gasteiger partial charge in [-0.25, -0.2) is 4.98 Å². The first-order valence-corrected chi connectivity index (χ1v) is 8.61. The molecule has 0 aliphatic rings. The number of halogens is 2. The molecule has 8 heteroatoms. The van der Waals surface area contributed by atoms with Gasteiger partial charge < -0.3 is 0 Å². The molecule has 0 N–H and O–H groups in total. The first kappa shape index (κ1) is 16.0. The van der Waals surface area contributed by atoms with E-state index in [4.69, 9.17) is 11.6 Å². The molecule has 0 aliphatic carbocycles. The zero-order valence-corrected chi connectivity index (χ0v) is 15.1. The van der Waals surface area contributed by atoms with Gasteiger partial charge in [-0.3, -0.25) is 9.36 Å². The lowest BCUT2D eigenvalue weighted by Crippen LogP contribution is -2.21. The first-order chi connectivity index (χ1) is 12.1. The molecule has 2 aromatic carbocycles. The molecular formula is C17H11BrClN5O. The summed E-state index contributed by atoms with van der Waals surface area (Å²) in [5.74, 6) is 0. The Morgan fingerprint density at radius 2 is 1.84 bits per heavy atom. The number of rotatable bonds is 3. The summed E-state index contributed by atoms with van der Waals surface area (Å²) in [4.78, 5) is 17.1. The molecule has 25 heavy (non-hydrogen) atoms. The summed E-state index contributed by atoms with van der Waals surface area (Å²) in [5.41, 5.74) is 2.00. The van der Waals surface area contributed by atoms with Crippen LogP contribution in [0.25, 0.3) is 16.9 Å². The standard InChI is InChI=1S/C17H11BrClN5O/c18-12-5-7-13(8-6-12)24-16-15(21-22-24)17(25)23(10-20-16)9-11-3-1-2-4-14(11)19/h1-8,10H,9H2. The Labute approximate surface area is 155 Å². The minimum atomic E-state index is -0.256.